The molecule has 2 rings (SSSR count). The molecule has 2 aromatic rings. The standard InChI is InChI=1S/2C11H14O3/c2*1-8(2)14-10-5-3-4-9(6-10)7-11(12)13/h2*3-6,8H,7H2,1-2H3,(H,12,13). The van der Waals surface area contributed by atoms with E-state index >= 15 is 0 Å². The second kappa shape index (κ2) is 11.6. The van der Waals surface area contributed by atoms with Gasteiger partial charge in [-0.05, 0) is 63.1 Å². The molecule has 0 heterocycles. The molecule has 152 valence electrons. The number of rotatable bonds is 8. The first-order chi connectivity index (χ1) is 13.2. The van der Waals surface area contributed by atoms with E-state index in [-0.39, 0.29) is 25.0 Å². The third-order valence-corrected chi connectivity index (χ3v) is 3.25. The number of benzene rings is 2. The van der Waals surface area contributed by atoms with Gasteiger partial charge in [-0.25, -0.2) is 0 Å². The van der Waals surface area contributed by atoms with Crippen LogP contribution in [0.15, 0.2) is 48.5 Å². The molecule has 2 aromatic carbocycles. The van der Waals surface area contributed by atoms with Gasteiger partial charge in [-0.1, -0.05) is 24.3 Å². The number of ether oxygens (including phenoxy) is 2. The van der Waals surface area contributed by atoms with Crippen LogP contribution in [0.1, 0.15) is 38.8 Å². The molecule has 0 saturated heterocycles. The summed E-state index contributed by atoms with van der Waals surface area (Å²) in [6.07, 6.45) is 0.287. The summed E-state index contributed by atoms with van der Waals surface area (Å²) in [5, 5.41) is 17.2. The summed E-state index contributed by atoms with van der Waals surface area (Å²) < 4.78 is 10.9. The van der Waals surface area contributed by atoms with Crippen molar-refractivity contribution in [3.8, 4) is 11.5 Å². The van der Waals surface area contributed by atoms with Crippen molar-refractivity contribution in [3.63, 3.8) is 0 Å². The van der Waals surface area contributed by atoms with Crippen LogP contribution in [-0.2, 0) is 22.4 Å². The minimum absolute atomic E-state index is 0.0370. The topological polar surface area (TPSA) is 93.1 Å². The molecule has 0 aliphatic carbocycles. The quantitative estimate of drug-likeness (QED) is 0.704. The Kier molecular flexibility index (Phi) is 9.57. The molecule has 0 spiro atoms. The van der Waals surface area contributed by atoms with Crippen molar-refractivity contribution < 1.29 is 29.3 Å². The summed E-state index contributed by atoms with van der Waals surface area (Å²) in [4.78, 5) is 20.9. The van der Waals surface area contributed by atoms with E-state index in [0.717, 1.165) is 22.6 Å². The first kappa shape index (κ1) is 23.0. The van der Waals surface area contributed by atoms with Crippen LogP contribution in [0.5, 0.6) is 11.5 Å². The van der Waals surface area contributed by atoms with Crippen molar-refractivity contribution >= 4 is 11.9 Å². The zero-order valence-corrected chi connectivity index (χ0v) is 16.7. The van der Waals surface area contributed by atoms with Crippen molar-refractivity contribution in [1.29, 1.82) is 0 Å². The Balaban J connectivity index is 0.000000280. The van der Waals surface area contributed by atoms with Crippen LogP contribution in [0, 0.1) is 0 Å². The lowest BCUT2D eigenvalue weighted by Crippen LogP contribution is -2.06. The minimum atomic E-state index is -0.827. The van der Waals surface area contributed by atoms with Gasteiger partial charge >= 0.3 is 11.9 Å². The van der Waals surface area contributed by atoms with Crippen molar-refractivity contribution in [2.24, 2.45) is 0 Å². The SMILES string of the molecule is CC(C)Oc1cccc(CC(=O)O)c1.CC(C)Oc1cccc(CC(=O)O)c1. The molecular formula is C22H28O6. The smallest absolute Gasteiger partial charge is 0.307 e. The van der Waals surface area contributed by atoms with Gasteiger partial charge in [0.15, 0.2) is 0 Å². The van der Waals surface area contributed by atoms with Gasteiger partial charge in [-0.3, -0.25) is 9.59 Å². The molecule has 0 radical (unpaired) electrons. The molecule has 6 heteroatoms. The number of hydrogen-bond acceptors (Lipinski definition) is 4. The monoisotopic (exact) mass is 388 g/mol. The summed E-state index contributed by atoms with van der Waals surface area (Å²) >= 11 is 0. The van der Waals surface area contributed by atoms with Crippen molar-refractivity contribution in [3.05, 3.63) is 59.7 Å². The van der Waals surface area contributed by atoms with Gasteiger partial charge in [0, 0.05) is 0 Å². The van der Waals surface area contributed by atoms with E-state index < -0.39 is 11.9 Å². The Labute approximate surface area is 165 Å². The largest absolute Gasteiger partial charge is 0.491 e. The first-order valence-electron chi connectivity index (χ1n) is 9.10. The van der Waals surface area contributed by atoms with Crippen LogP contribution in [0.25, 0.3) is 0 Å². The van der Waals surface area contributed by atoms with Crippen molar-refractivity contribution in [2.45, 2.75) is 52.7 Å². The van der Waals surface area contributed by atoms with Gasteiger partial charge in [0.25, 0.3) is 0 Å². The summed E-state index contributed by atoms with van der Waals surface area (Å²) in [6, 6.07) is 14.3. The fraction of sp³-hybridized carbons (Fsp3) is 0.364. The van der Waals surface area contributed by atoms with Gasteiger partial charge in [0.2, 0.25) is 0 Å². The molecular weight excluding hydrogens is 360 g/mol. The number of carboxylic acids is 2. The fourth-order valence-electron chi connectivity index (χ4n) is 2.35. The van der Waals surface area contributed by atoms with Crippen LogP contribution < -0.4 is 9.47 Å². The first-order valence-corrected chi connectivity index (χ1v) is 9.10. The zero-order chi connectivity index (χ0) is 21.1. The molecule has 0 amide bonds. The highest BCUT2D eigenvalue weighted by Gasteiger charge is 2.03. The second-order valence-corrected chi connectivity index (χ2v) is 6.77. The average molecular weight is 388 g/mol. The molecule has 0 aliphatic rings. The van der Waals surface area contributed by atoms with E-state index in [1.54, 1.807) is 36.4 Å². The predicted molar refractivity (Wildman–Crippen MR) is 107 cm³/mol. The lowest BCUT2D eigenvalue weighted by molar-refractivity contribution is -0.137. The van der Waals surface area contributed by atoms with E-state index in [9.17, 15) is 9.59 Å². The van der Waals surface area contributed by atoms with Crippen molar-refractivity contribution in [1.82, 2.24) is 0 Å². The maximum atomic E-state index is 10.5. The third-order valence-electron chi connectivity index (χ3n) is 3.25. The van der Waals surface area contributed by atoms with Gasteiger partial charge in [-0.15, -0.1) is 0 Å². The average Bonchev–Trinajstić information content (AvgIpc) is 2.53. The zero-order valence-electron chi connectivity index (χ0n) is 16.7. The lowest BCUT2D eigenvalue weighted by atomic mass is 10.1. The number of carbonyl (C=O) groups is 2. The number of aliphatic carboxylic acids is 2. The molecule has 0 unspecified atom stereocenters. The van der Waals surface area contributed by atoms with Gasteiger partial charge in [0.1, 0.15) is 11.5 Å². The van der Waals surface area contributed by atoms with Gasteiger partial charge < -0.3 is 19.7 Å². The highest BCUT2D eigenvalue weighted by molar-refractivity contribution is 5.70. The van der Waals surface area contributed by atoms with E-state index in [1.807, 2.05) is 39.8 Å². The predicted octanol–water partition coefficient (Wildman–Crippen LogP) is 4.20. The molecule has 0 atom stereocenters. The maximum Gasteiger partial charge on any atom is 0.307 e. The van der Waals surface area contributed by atoms with E-state index in [0.29, 0.717) is 0 Å². The molecule has 28 heavy (non-hydrogen) atoms. The summed E-state index contributed by atoms with van der Waals surface area (Å²) in [5.41, 5.74) is 1.52. The van der Waals surface area contributed by atoms with Gasteiger partial charge in [-0.2, -0.15) is 0 Å². The molecule has 6 nitrogen and oxygen atoms in total. The molecule has 0 fully saturated rings. The molecule has 0 aromatic heterocycles. The van der Waals surface area contributed by atoms with Crippen LogP contribution in [0.4, 0.5) is 0 Å². The third kappa shape index (κ3) is 10.2. The fourth-order valence-corrected chi connectivity index (χ4v) is 2.35. The van der Waals surface area contributed by atoms with Crippen LogP contribution >= 0.6 is 0 Å². The highest BCUT2D eigenvalue weighted by atomic mass is 16.5. The normalized spacial score (nSPS) is 10.2. The number of hydrogen-bond donors (Lipinski definition) is 2. The van der Waals surface area contributed by atoms with E-state index in [2.05, 4.69) is 0 Å². The lowest BCUT2D eigenvalue weighted by Gasteiger charge is -2.10. The van der Waals surface area contributed by atoms with E-state index in [4.69, 9.17) is 19.7 Å². The van der Waals surface area contributed by atoms with Crippen LogP contribution in [-0.4, -0.2) is 34.4 Å². The molecule has 0 saturated carbocycles. The Morgan fingerprint density at radius 3 is 1.39 bits per heavy atom. The van der Waals surface area contributed by atoms with Crippen LogP contribution in [0.3, 0.4) is 0 Å². The molecule has 2 N–H and O–H groups in total. The van der Waals surface area contributed by atoms with Gasteiger partial charge in [0.05, 0.1) is 25.0 Å². The second-order valence-electron chi connectivity index (χ2n) is 6.77. The van der Waals surface area contributed by atoms with Crippen LogP contribution in [0.2, 0.25) is 0 Å². The molecule has 0 bridgehead atoms. The highest BCUT2D eigenvalue weighted by Crippen LogP contribution is 2.16. The Bertz CT molecular complexity index is 702. The summed E-state index contributed by atoms with van der Waals surface area (Å²) in [5.74, 6) is -0.212. The summed E-state index contributed by atoms with van der Waals surface area (Å²) in [6.45, 7) is 7.74. The Morgan fingerprint density at radius 1 is 0.750 bits per heavy atom. The van der Waals surface area contributed by atoms with Crippen molar-refractivity contribution in [2.75, 3.05) is 0 Å². The number of carboxylic acid groups (broad SMARTS) is 2. The molecule has 0 aliphatic heterocycles. The Morgan fingerprint density at radius 2 is 1.11 bits per heavy atom. The Hall–Kier alpha value is -3.02. The maximum absolute atomic E-state index is 10.5. The minimum Gasteiger partial charge on any atom is -0.491 e. The summed E-state index contributed by atoms with van der Waals surface area (Å²) in [7, 11) is 0. The van der Waals surface area contributed by atoms with E-state index in [1.165, 1.54) is 0 Å².